The quantitative estimate of drug-likeness (QED) is 0.164. The molecule has 15 heteroatoms. The van der Waals surface area contributed by atoms with E-state index in [2.05, 4.69) is 34.7 Å². The molecule has 0 fully saturated rings. The standard InChI is InChI=1S/C27H9F12N3/c1-4-7-13(28)19(34)10(20(35)14(7)29)25-40-26(11-21(36)15(30)8(5-2)16(31)22(11)37)42-27(41-25)12-23(38)17(32)9(6-3)18(33)24(12)39/h4-6H,1-3H2. The zero-order valence-corrected chi connectivity index (χ0v) is 20.2. The van der Waals surface area contributed by atoms with Crippen LogP contribution in [0.5, 0.6) is 0 Å². The number of hydrogen-bond donors (Lipinski definition) is 0. The van der Waals surface area contributed by atoms with Gasteiger partial charge in [-0.15, -0.1) is 0 Å². The number of halogens is 12. The Labute approximate surface area is 226 Å². The molecule has 0 aliphatic heterocycles. The molecular weight excluding hydrogens is 594 g/mol. The van der Waals surface area contributed by atoms with Crippen molar-refractivity contribution in [1.29, 1.82) is 0 Å². The second-order valence-corrected chi connectivity index (χ2v) is 8.05. The Hall–Kier alpha value is -4.95. The van der Waals surface area contributed by atoms with E-state index in [1.807, 2.05) is 0 Å². The van der Waals surface area contributed by atoms with Gasteiger partial charge in [0.1, 0.15) is 0 Å². The molecule has 0 amide bonds. The zero-order valence-electron chi connectivity index (χ0n) is 20.2. The summed E-state index contributed by atoms with van der Waals surface area (Å²) >= 11 is 0. The third-order valence-corrected chi connectivity index (χ3v) is 5.81. The minimum Gasteiger partial charge on any atom is -0.208 e. The van der Waals surface area contributed by atoms with E-state index < -0.39 is 121 Å². The smallest absolute Gasteiger partial charge is 0.173 e. The molecule has 0 atom stereocenters. The molecule has 1 heterocycles. The Kier molecular flexibility index (Phi) is 7.72. The first-order chi connectivity index (χ1) is 19.7. The summed E-state index contributed by atoms with van der Waals surface area (Å²) in [5.74, 6) is -31.4. The van der Waals surface area contributed by atoms with Gasteiger partial charge >= 0.3 is 0 Å². The Morgan fingerprint density at radius 3 is 0.619 bits per heavy atom. The van der Waals surface area contributed by atoms with Gasteiger partial charge in [0.05, 0.1) is 33.4 Å². The van der Waals surface area contributed by atoms with Crippen LogP contribution in [0.25, 0.3) is 52.4 Å². The van der Waals surface area contributed by atoms with Crippen molar-refractivity contribution in [2.24, 2.45) is 0 Å². The number of benzene rings is 3. The molecule has 4 aromatic rings. The molecule has 216 valence electrons. The van der Waals surface area contributed by atoms with Gasteiger partial charge in [-0.3, -0.25) is 0 Å². The largest absolute Gasteiger partial charge is 0.208 e. The predicted molar refractivity (Wildman–Crippen MR) is 126 cm³/mol. The lowest BCUT2D eigenvalue weighted by atomic mass is 10.0. The average molecular weight is 603 g/mol. The van der Waals surface area contributed by atoms with Crippen molar-refractivity contribution in [2.45, 2.75) is 0 Å². The molecule has 1 aromatic heterocycles. The van der Waals surface area contributed by atoms with Gasteiger partial charge in [-0.25, -0.2) is 67.6 Å². The first kappa shape index (κ1) is 30.0. The number of hydrogen-bond acceptors (Lipinski definition) is 3. The first-order valence-electron chi connectivity index (χ1n) is 11.0. The molecule has 3 aromatic carbocycles. The SMILES string of the molecule is C=Cc1c(F)c(F)c(-c2nc(-c3c(F)c(F)c(C=C)c(F)c3F)nc(-c3c(F)c(F)c(C=C)c(F)c3F)n2)c(F)c1F. The van der Waals surface area contributed by atoms with Crippen LogP contribution in [-0.2, 0) is 0 Å². The molecule has 0 N–H and O–H groups in total. The molecule has 0 spiro atoms. The Morgan fingerprint density at radius 2 is 0.476 bits per heavy atom. The third kappa shape index (κ3) is 4.31. The van der Waals surface area contributed by atoms with Crippen molar-refractivity contribution in [3.63, 3.8) is 0 Å². The Morgan fingerprint density at radius 1 is 0.310 bits per heavy atom. The predicted octanol–water partition coefficient (Wildman–Crippen LogP) is 8.47. The highest BCUT2D eigenvalue weighted by molar-refractivity contribution is 5.71. The second-order valence-electron chi connectivity index (χ2n) is 8.05. The number of rotatable bonds is 6. The van der Waals surface area contributed by atoms with Crippen molar-refractivity contribution < 1.29 is 52.7 Å². The van der Waals surface area contributed by atoms with Crippen LogP contribution in [0.2, 0.25) is 0 Å². The topological polar surface area (TPSA) is 38.7 Å². The van der Waals surface area contributed by atoms with E-state index in [1.165, 1.54) is 0 Å². The van der Waals surface area contributed by atoms with Gasteiger partial charge in [0, 0.05) is 0 Å². The first-order valence-corrected chi connectivity index (χ1v) is 11.0. The van der Waals surface area contributed by atoms with E-state index in [9.17, 15) is 52.7 Å². The number of nitrogens with zero attached hydrogens (tertiary/aromatic N) is 3. The highest BCUT2D eigenvalue weighted by atomic mass is 19.2. The lowest BCUT2D eigenvalue weighted by molar-refractivity contribution is 0.452. The fourth-order valence-corrected chi connectivity index (χ4v) is 3.78. The Balaban J connectivity index is 2.24. The summed E-state index contributed by atoms with van der Waals surface area (Å²) in [6.45, 7) is 8.90. The van der Waals surface area contributed by atoms with E-state index in [0.717, 1.165) is 0 Å². The molecule has 0 saturated carbocycles. The van der Waals surface area contributed by atoms with E-state index in [-0.39, 0.29) is 0 Å². The van der Waals surface area contributed by atoms with Crippen LogP contribution in [0.1, 0.15) is 16.7 Å². The van der Waals surface area contributed by atoms with E-state index in [1.54, 1.807) is 0 Å². The van der Waals surface area contributed by atoms with Gasteiger partial charge < -0.3 is 0 Å². The molecule has 4 rings (SSSR count). The van der Waals surface area contributed by atoms with Crippen molar-refractivity contribution in [3.8, 4) is 34.2 Å². The molecule has 3 nitrogen and oxygen atoms in total. The normalized spacial score (nSPS) is 11.1. The molecule has 42 heavy (non-hydrogen) atoms. The molecular formula is C27H9F12N3. The third-order valence-electron chi connectivity index (χ3n) is 5.81. The summed E-state index contributed by atoms with van der Waals surface area (Å²) in [6.07, 6.45) is 1.08. The molecule has 0 saturated heterocycles. The van der Waals surface area contributed by atoms with Crippen LogP contribution < -0.4 is 0 Å². The van der Waals surface area contributed by atoms with Crippen molar-refractivity contribution in [2.75, 3.05) is 0 Å². The fourth-order valence-electron chi connectivity index (χ4n) is 3.78. The highest BCUT2D eigenvalue weighted by Gasteiger charge is 2.33. The molecule has 0 radical (unpaired) electrons. The van der Waals surface area contributed by atoms with Crippen LogP contribution in [0.4, 0.5) is 52.7 Å². The lowest BCUT2D eigenvalue weighted by Gasteiger charge is -2.14. The van der Waals surface area contributed by atoms with E-state index in [0.29, 0.717) is 18.2 Å². The van der Waals surface area contributed by atoms with Crippen LogP contribution in [0, 0.1) is 69.8 Å². The molecule has 0 aliphatic carbocycles. The van der Waals surface area contributed by atoms with Gasteiger partial charge in [0.15, 0.2) is 87.3 Å². The van der Waals surface area contributed by atoms with Crippen LogP contribution in [0.15, 0.2) is 19.7 Å². The van der Waals surface area contributed by atoms with Crippen molar-refractivity contribution in [3.05, 3.63) is 106 Å². The van der Waals surface area contributed by atoms with Gasteiger partial charge in [-0.05, 0) is 0 Å². The van der Waals surface area contributed by atoms with Crippen LogP contribution in [0.3, 0.4) is 0 Å². The van der Waals surface area contributed by atoms with E-state index >= 15 is 0 Å². The van der Waals surface area contributed by atoms with Crippen molar-refractivity contribution >= 4 is 18.2 Å². The van der Waals surface area contributed by atoms with E-state index in [4.69, 9.17) is 0 Å². The maximum atomic E-state index is 14.9. The lowest BCUT2D eigenvalue weighted by Crippen LogP contribution is -2.12. The second kappa shape index (κ2) is 10.8. The maximum absolute atomic E-state index is 14.9. The van der Waals surface area contributed by atoms with Crippen molar-refractivity contribution in [1.82, 2.24) is 15.0 Å². The Bertz CT molecular complexity index is 1550. The maximum Gasteiger partial charge on any atom is 0.173 e. The molecule has 0 aliphatic rings. The summed E-state index contributed by atoms with van der Waals surface area (Å²) < 4.78 is 176. The van der Waals surface area contributed by atoms with Gasteiger partial charge in [0.2, 0.25) is 0 Å². The minimum atomic E-state index is -2.28. The number of aromatic nitrogens is 3. The summed E-state index contributed by atoms with van der Waals surface area (Å²) in [5, 5.41) is 0. The summed E-state index contributed by atoms with van der Waals surface area (Å²) in [6, 6.07) is 0. The summed E-state index contributed by atoms with van der Waals surface area (Å²) in [7, 11) is 0. The highest BCUT2D eigenvalue weighted by Crippen LogP contribution is 2.37. The molecule has 0 unspecified atom stereocenters. The van der Waals surface area contributed by atoms with Crippen LogP contribution >= 0.6 is 0 Å². The zero-order chi connectivity index (χ0) is 31.4. The van der Waals surface area contributed by atoms with Gasteiger partial charge in [0.25, 0.3) is 0 Å². The summed E-state index contributed by atoms with van der Waals surface area (Å²) in [5.41, 5.74) is -9.67. The van der Waals surface area contributed by atoms with Crippen LogP contribution in [-0.4, -0.2) is 15.0 Å². The molecule has 0 bridgehead atoms. The minimum absolute atomic E-state index is 0.361. The summed E-state index contributed by atoms with van der Waals surface area (Å²) in [4.78, 5) is 9.62. The fraction of sp³-hybridized carbons (Fsp3) is 0. The average Bonchev–Trinajstić information content (AvgIpc) is 2.95. The van der Waals surface area contributed by atoms with Gasteiger partial charge in [-0.2, -0.15) is 0 Å². The monoisotopic (exact) mass is 603 g/mol. The van der Waals surface area contributed by atoms with Gasteiger partial charge in [-0.1, -0.05) is 38.0 Å².